The minimum atomic E-state index is -0.164. The molecule has 0 aliphatic carbocycles. The number of aromatic nitrogens is 1. The van der Waals surface area contributed by atoms with Crippen LogP contribution >= 0.6 is 0 Å². The molecule has 4 rings (SSSR count). The fraction of sp³-hybridized carbons (Fsp3) is 0.160. The van der Waals surface area contributed by atoms with Gasteiger partial charge < -0.3 is 19.5 Å². The number of aryl methyl sites for hydroxylation is 1. The second kappa shape index (κ2) is 8.74. The number of hydrogen-bond acceptors (Lipinski definition) is 3. The number of rotatable bonds is 7. The van der Waals surface area contributed by atoms with Gasteiger partial charge in [-0.3, -0.25) is 4.79 Å². The fourth-order valence-corrected chi connectivity index (χ4v) is 3.59. The zero-order chi connectivity index (χ0) is 20.9. The van der Waals surface area contributed by atoms with Crippen molar-refractivity contribution in [1.29, 1.82) is 0 Å². The Hall–Kier alpha value is -3.73. The predicted molar refractivity (Wildman–Crippen MR) is 119 cm³/mol. The molecule has 0 fully saturated rings. The van der Waals surface area contributed by atoms with E-state index in [4.69, 9.17) is 9.15 Å². The van der Waals surface area contributed by atoms with Crippen LogP contribution in [-0.4, -0.2) is 24.5 Å². The van der Waals surface area contributed by atoms with Gasteiger partial charge in [0.05, 0.1) is 7.11 Å². The molecule has 0 radical (unpaired) electrons. The molecule has 5 nitrogen and oxygen atoms in total. The predicted octanol–water partition coefficient (Wildman–Crippen LogP) is 5.04. The minimum Gasteiger partial charge on any atom is -0.497 e. The summed E-state index contributed by atoms with van der Waals surface area (Å²) >= 11 is 0. The second-order valence-corrected chi connectivity index (χ2v) is 7.14. The number of furan rings is 1. The highest BCUT2D eigenvalue weighted by molar-refractivity contribution is 5.91. The summed E-state index contributed by atoms with van der Waals surface area (Å²) < 4.78 is 10.8. The maximum absolute atomic E-state index is 12.4. The van der Waals surface area contributed by atoms with E-state index in [1.165, 1.54) is 6.08 Å². The van der Waals surface area contributed by atoms with E-state index < -0.39 is 0 Å². The number of ether oxygens (including phenoxy) is 1. The highest BCUT2D eigenvalue weighted by Gasteiger charge is 2.19. The Balaban J connectivity index is 1.57. The number of H-pyrrole nitrogens is 1. The first-order chi connectivity index (χ1) is 14.6. The molecule has 1 atom stereocenters. The van der Waals surface area contributed by atoms with Crippen LogP contribution in [0.5, 0.6) is 5.75 Å². The van der Waals surface area contributed by atoms with Crippen LogP contribution in [0, 0.1) is 6.92 Å². The maximum atomic E-state index is 12.4. The van der Waals surface area contributed by atoms with Crippen LogP contribution in [0.25, 0.3) is 17.0 Å². The second-order valence-electron chi connectivity index (χ2n) is 7.14. The van der Waals surface area contributed by atoms with Gasteiger partial charge in [-0.2, -0.15) is 0 Å². The van der Waals surface area contributed by atoms with Gasteiger partial charge in [-0.1, -0.05) is 30.3 Å². The third kappa shape index (κ3) is 4.30. The van der Waals surface area contributed by atoms with Crippen LogP contribution in [0.1, 0.15) is 28.6 Å². The van der Waals surface area contributed by atoms with Crippen LogP contribution in [0.4, 0.5) is 0 Å². The number of nitrogens with one attached hydrogen (secondary N) is 2. The third-order valence-corrected chi connectivity index (χ3v) is 5.16. The quantitative estimate of drug-likeness (QED) is 0.427. The first-order valence-corrected chi connectivity index (χ1v) is 9.86. The van der Waals surface area contributed by atoms with Gasteiger partial charge in [0.25, 0.3) is 0 Å². The Labute approximate surface area is 175 Å². The fourth-order valence-electron chi connectivity index (χ4n) is 3.59. The van der Waals surface area contributed by atoms with E-state index in [9.17, 15) is 4.79 Å². The molecule has 2 N–H and O–H groups in total. The highest BCUT2D eigenvalue weighted by Crippen LogP contribution is 2.31. The van der Waals surface area contributed by atoms with Gasteiger partial charge in [-0.05, 0) is 54.5 Å². The van der Waals surface area contributed by atoms with Crippen molar-refractivity contribution in [2.75, 3.05) is 13.7 Å². The molecule has 4 aromatic rings. The number of hydrogen-bond donors (Lipinski definition) is 2. The van der Waals surface area contributed by atoms with E-state index in [1.54, 1.807) is 13.2 Å². The molecular weight excluding hydrogens is 376 g/mol. The monoisotopic (exact) mass is 400 g/mol. The lowest BCUT2D eigenvalue weighted by Crippen LogP contribution is -2.27. The lowest BCUT2D eigenvalue weighted by atomic mass is 9.90. The summed E-state index contributed by atoms with van der Waals surface area (Å²) in [5, 5.41) is 4.17. The van der Waals surface area contributed by atoms with Crippen molar-refractivity contribution in [1.82, 2.24) is 10.3 Å². The molecular formula is C25H24N2O3. The summed E-state index contributed by atoms with van der Waals surface area (Å²) in [7, 11) is 1.65. The highest BCUT2D eigenvalue weighted by atomic mass is 16.5. The van der Waals surface area contributed by atoms with E-state index in [0.29, 0.717) is 12.3 Å². The molecule has 0 aliphatic heterocycles. The lowest BCUT2D eigenvalue weighted by molar-refractivity contribution is -0.116. The first kappa shape index (κ1) is 19.6. The average molecular weight is 400 g/mol. The van der Waals surface area contributed by atoms with Crippen molar-refractivity contribution in [2.45, 2.75) is 12.8 Å². The zero-order valence-corrected chi connectivity index (χ0v) is 17.0. The van der Waals surface area contributed by atoms with E-state index >= 15 is 0 Å². The van der Waals surface area contributed by atoms with Gasteiger partial charge in [-0.25, -0.2) is 0 Å². The smallest absolute Gasteiger partial charge is 0.244 e. The molecule has 152 valence electrons. The van der Waals surface area contributed by atoms with Crippen molar-refractivity contribution < 1.29 is 13.9 Å². The molecule has 0 saturated heterocycles. The third-order valence-electron chi connectivity index (χ3n) is 5.16. The number of benzene rings is 2. The van der Waals surface area contributed by atoms with Crippen LogP contribution in [-0.2, 0) is 4.79 Å². The van der Waals surface area contributed by atoms with Crippen molar-refractivity contribution >= 4 is 22.9 Å². The normalized spacial score (nSPS) is 12.3. The first-order valence-electron chi connectivity index (χ1n) is 9.86. The number of carbonyl (C=O) groups is 1. The van der Waals surface area contributed by atoms with Gasteiger partial charge in [0.1, 0.15) is 17.3 Å². The molecule has 30 heavy (non-hydrogen) atoms. The maximum Gasteiger partial charge on any atom is 0.244 e. The SMILES string of the molecule is COc1ccc(C(CNC(=O)/C=C/c2ccc(C)o2)c2c[nH]c3ccccc23)cc1. The number of aromatic amines is 1. The minimum absolute atomic E-state index is 0.00439. The van der Waals surface area contributed by atoms with Crippen molar-refractivity contribution in [3.63, 3.8) is 0 Å². The Morgan fingerprint density at radius 3 is 2.67 bits per heavy atom. The summed E-state index contributed by atoms with van der Waals surface area (Å²) in [6.07, 6.45) is 5.20. The van der Waals surface area contributed by atoms with Crippen LogP contribution in [0.3, 0.4) is 0 Å². The van der Waals surface area contributed by atoms with Crippen LogP contribution in [0.15, 0.2) is 77.4 Å². The molecule has 2 heterocycles. The number of methoxy groups -OCH3 is 1. The largest absolute Gasteiger partial charge is 0.497 e. The molecule has 2 aromatic carbocycles. The molecule has 0 saturated carbocycles. The Kier molecular flexibility index (Phi) is 5.70. The average Bonchev–Trinajstić information content (AvgIpc) is 3.39. The molecule has 0 spiro atoms. The number of amides is 1. The molecule has 0 aliphatic rings. The Bertz CT molecular complexity index is 1170. The van der Waals surface area contributed by atoms with Gasteiger partial charge >= 0.3 is 0 Å². The van der Waals surface area contributed by atoms with Crippen LogP contribution < -0.4 is 10.1 Å². The summed E-state index contributed by atoms with van der Waals surface area (Å²) in [6.45, 7) is 2.34. The van der Waals surface area contributed by atoms with E-state index in [1.807, 2.05) is 61.7 Å². The van der Waals surface area contributed by atoms with E-state index in [2.05, 4.69) is 22.4 Å². The Morgan fingerprint density at radius 2 is 1.93 bits per heavy atom. The number of para-hydroxylation sites is 1. The molecule has 0 bridgehead atoms. The van der Waals surface area contributed by atoms with Gasteiger partial charge in [-0.15, -0.1) is 0 Å². The van der Waals surface area contributed by atoms with Crippen molar-refractivity contribution in [2.24, 2.45) is 0 Å². The summed E-state index contributed by atoms with van der Waals surface area (Å²) in [5.41, 5.74) is 3.32. The van der Waals surface area contributed by atoms with Gasteiger partial charge in [0.15, 0.2) is 0 Å². The Morgan fingerprint density at radius 1 is 1.13 bits per heavy atom. The summed E-state index contributed by atoms with van der Waals surface area (Å²) in [6, 6.07) is 19.9. The molecule has 1 amide bonds. The zero-order valence-electron chi connectivity index (χ0n) is 17.0. The molecule has 5 heteroatoms. The number of fused-ring (bicyclic) bond motifs is 1. The summed E-state index contributed by atoms with van der Waals surface area (Å²) in [4.78, 5) is 15.8. The number of carbonyl (C=O) groups excluding carboxylic acids is 1. The molecule has 1 unspecified atom stereocenters. The van der Waals surface area contributed by atoms with Crippen molar-refractivity contribution in [3.05, 3.63) is 95.6 Å². The van der Waals surface area contributed by atoms with E-state index in [-0.39, 0.29) is 11.8 Å². The standard InChI is InChI=1S/C25H24N2O3/c1-17-7-10-20(30-17)13-14-25(28)27-15-22(18-8-11-19(29-2)12-9-18)23-16-26-24-6-4-3-5-21(23)24/h3-14,16,22,26H,15H2,1-2H3,(H,27,28)/b14-13+. The van der Waals surface area contributed by atoms with E-state index in [0.717, 1.165) is 33.5 Å². The topological polar surface area (TPSA) is 67.3 Å². The summed E-state index contributed by atoms with van der Waals surface area (Å²) in [5.74, 6) is 2.11. The molecule has 2 aromatic heterocycles. The van der Waals surface area contributed by atoms with Gasteiger partial charge in [0.2, 0.25) is 5.91 Å². The van der Waals surface area contributed by atoms with Crippen molar-refractivity contribution in [3.8, 4) is 5.75 Å². The lowest BCUT2D eigenvalue weighted by Gasteiger charge is -2.18. The van der Waals surface area contributed by atoms with Gasteiger partial charge in [0, 0.05) is 35.6 Å². The van der Waals surface area contributed by atoms with Crippen LogP contribution in [0.2, 0.25) is 0 Å².